The molecule has 3 aromatic rings. The molecule has 1 aromatic heterocycles. The van der Waals surface area contributed by atoms with E-state index in [4.69, 9.17) is 4.42 Å². The average molecular weight is 344 g/mol. The van der Waals surface area contributed by atoms with Gasteiger partial charge in [0.15, 0.2) is 0 Å². The molecule has 0 spiro atoms. The van der Waals surface area contributed by atoms with Gasteiger partial charge in [-0.1, -0.05) is 46.3 Å². The van der Waals surface area contributed by atoms with Crippen LogP contribution in [0, 0.1) is 6.92 Å². The lowest BCUT2D eigenvalue weighted by Crippen LogP contribution is -2.17. The van der Waals surface area contributed by atoms with Gasteiger partial charge in [0.2, 0.25) is 0 Å². The monoisotopic (exact) mass is 343 g/mol. The highest BCUT2D eigenvalue weighted by Crippen LogP contribution is 2.24. The minimum Gasteiger partial charge on any atom is -0.459 e. The van der Waals surface area contributed by atoms with E-state index in [1.165, 1.54) is 11.1 Å². The van der Waals surface area contributed by atoms with Crippen molar-refractivity contribution in [2.75, 3.05) is 0 Å². The maximum atomic E-state index is 5.89. The number of benzene rings is 2. The molecule has 0 bridgehead atoms. The molecular formula is C18H18BrNO. The lowest BCUT2D eigenvalue weighted by Gasteiger charge is -2.12. The predicted octanol–water partition coefficient (Wildman–Crippen LogP) is 5.35. The van der Waals surface area contributed by atoms with E-state index in [1.54, 1.807) is 0 Å². The summed E-state index contributed by atoms with van der Waals surface area (Å²) in [7, 11) is 0. The Morgan fingerprint density at radius 2 is 1.95 bits per heavy atom. The van der Waals surface area contributed by atoms with E-state index < -0.39 is 0 Å². The molecule has 1 N–H and O–H groups in total. The van der Waals surface area contributed by atoms with Crippen molar-refractivity contribution >= 4 is 26.9 Å². The molecule has 0 aliphatic carbocycles. The van der Waals surface area contributed by atoms with E-state index in [1.807, 2.05) is 18.2 Å². The van der Waals surface area contributed by atoms with Crippen molar-refractivity contribution < 1.29 is 4.42 Å². The second kappa shape index (κ2) is 6.04. The molecule has 0 amide bonds. The Morgan fingerprint density at radius 1 is 1.14 bits per heavy atom. The van der Waals surface area contributed by atoms with Crippen molar-refractivity contribution in [3.63, 3.8) is 0 Å². The minimum absolute atomic E-state index is 0.172. The smallest absolute Gasteiger partial charge is 0.134 e. The van der Waals surface area contributed by atoms with E-state index >= 15 is 0 Å². The molecular weight excluding hydrogens is 326 g/mol. The second-order valence-corrected chi connectivity index (χ2v) is 6.24. The first-order chi connectivity index (χ1) is 10.1. The molecule has 3 rings (SSSR count). The maximum Gasteiger partial charge on any atom is 0.134 e. The third-order valence-electron chi connectivity index (χ3n) is 3.68. The fraction of sp³-hybridized carbons (Fsp3) is 0.222. The molecule has 21 heavy (non-hydrogen) atoms. The number of fused-ring (bicyclic) bond motifs is 1. The van der Waals surface area contributed by atoms with Gasteiger partial charge in [0.1, 0.15) is 11.3 Å². The van der Waals surface area contributed by atoms with E-state index in [-0.39, 0.29) is 6.04 Å². The number of rotatable bonds is 4. The first kappa shape index (κ1) is 14.4. The first-order valence-electron chi connectivity index (χ1n) is 7.10. The van der Waals surface area contributed by atoms with Gasteiger partial charge in [-0.3, -0.25) is 0 Å². The molecule has 2 nitrogen and oxygen atoms in total. The molecule has 108 valence electrons. The molecule has 3 heteroatoms. The van der Waals surface area contributed by atoms with Crippen LogP contribution in [0.3, 0.4) is 0 Å². The standard InChI is InChI=1S/C18H18BrNO/c1-12-7-8-15(16(19)9-12)11-20-13(2)18-10-14-5-3-4-6-17(14)21-18/h3-10,13,20H,11H2,1-2H3. The molecule has 2 aromatic carbocycles. The Balaban J connectivity index is 1.72. The van der Waals surface area contributed by atoms with Gasteiger partial charge < -0.3 is 9.73 Å². The van der Waals surface area contributed by atoms with Gasteiger partial charge in [0, 0.05) is 16.4 Å². The van der Waals surface area contributed by atoms with Gasteiger partial charge in [0.25, 0.3) is 0 Å². The van der Waals surface area contributed by atoms with Crippen molar-refractivity contribution in [2.24, 2.45) is 0 Å². The Hall–Kier alpha value is -1.58. The van der Waals surface area contributed by atoms with E-state index in [0.717, 1.165) is 27.7 Å². The highest BCUT2D eigenvalue weighted by molar-refractivity contribution is 9.10. The zero-order valence-corrected chi connectivity index (χ0v) is 13.8. The molecule has 0 fully saturated rings. The zero-order valence-electron chi connectivity index (χ0n) is 12.2. The lowest BCUT2D eigenvalue weighted by atomic mass is 10.1. The maximum absolute atomic E-state index is 5.89. The second-order valence-electron chi connectivity index (χ2n) is 5.38. The molecule has 0 aliphatic rings. The Morgan fingerprint density at radius 3 is 2.71 bits per heavy atom. The fourth-order valence-corrected chi connectivity index (χ4v) is 3.01. The molecule has 0 aliphatic heterocycles. The molecule has 0 saturated carbocycles. The predicted molar refractivity (Wildman–Crippen MR) is 90.3 cm³/mol. The topological polar surface area (TPSA) is 25.2 Å². The number of furan rings is 1. The summed E-state index contributed by atoms with van der Waals surface area (Å²) >= 11 is 3.62. The first-order valence-corrected chi connectivity index (χ1v) is 7.89. The number of halogens is 1. The SMILES string of the molecule is Cc1ccc(CNC(C)c2cc3ccccc3o2)c(Br)c1. The minimum atomic E-state index is 0.172. The van der Waals surface area contributed by atoms with Gasteiger partial charge in [0.05, 0.1) is 6.04 Å². The summed E-state index contributed by atoms with van der Waals surface area (Å²) in [6, 6.07) is 16.8. The Kier molecular flexibility index (Phi) is 4.13. The van der Waals surface area contributed by atoms with Crippen LogP contribution in [0.15, 0.2) is 57.4 Å². The Labute approximate surface area is 133 Å². The van der Waals surface area contributed by atoms with Crippen LogP contribution in [0.5, 0.6) is 0 Å². The number of para-hydroxylation sites is 1. The van der Waals surface area contributed by atoms with Crippen molar-refractivity contribution in [3.8, 4) is 0 Å². The fourth-order valence-electron chi connectivity index (χ4n) is 2.38. The largest absolute Gasteiger partial charge is 0.459 e. The molecule has 1 unspecified atom stereocenters. The molecule has 0 saturated heterocycles. The van der Waals surface area contributed by atoms with Gasteiger partial charge >= 0.3 is 0 Å². The van der Waals surface area contributed by atoms with Crippen LogP contribution in [0.25, 0.3) is 11.0 Å². The quantitative estimate of drug-likeness (QED) is 0.690. The van der Waals surface area contributed by atoms with Gasteiger partial charge in [-0.2, -0.15) is 0 Å². The highest BCUT2D eigenvalue weighted by Gasteiger charge is 2.11. The summed E-state index contributed by atoms with van der Waals surface area (Å²) in [4.78, 5) is 0. The van der Waals surface area contributed by atoms with Gasteiger partial charge in [-0.25, -0.2) is 0 Å². The summed E-state index contributed by atoms with van der Waals surface area (Å²) in [5.41, 5.74) is 3.46. The van der Waals surface area contributed by atoms with E-state index in [0.29, 0.717) is 0 Å². The molecule has 1 atom stereocenters. The van der Waals surface area contributed by atoms with Crippen molar-refractivity contribution in [2.45, 2.75) is 26.4 Å². The molecule has 0 radical (unpaired) electrons. The van der Waals surface area contributed by atoms with Crippen LogP contribution in [0.1, 0.15) is 29.9 Å². The average Bonchev–Trinajstić information content (AvgIpc) is 2.90. The normalized spacial score (nSPS) is 12.7. The van der Waals surface area contributed by atoms with Crippen LogP contribution in [0.4, 0.5) is 0 Å². The van der Waals surface area contributed by atoms with Crippen molar-refractivity contribution in [1.82, 2.24) is 5.32 Å². The van der Waals surface area contributed by atoms with Crippen LogP contribution < -0.4 is 5.32 Å². The summed E-state index contributed by atoms with van der Waals surface area (Å²) in [5.74, 6) is 0.972. The van der Waals surface area contributed by atoms with Crippen LogP contribution in [0.2, 0.25) is 0 Å². The number of hydrogen-bond acceptors (Lipinski definition) is 2. The summed E-state index contributed by atoms with van der Waals surface area (Å²) in [6.07, 6.45) is 0. The number of nitrogens with one attached hydrogen (secondary N) is 1. The third-order valence-corrected chi connectivity index (χ3v) is 4.42. The van der Waals surface area contributed by atoms with Crippen LogP contribution >= 0.6 is 15.9 Å². The summed E-state index contributed by atoms with van der Waals surface area (Å²) in [5, 5.41) is 4.66. The van der Waals surface area contributed by atoms with Gasteiger partial charge in [-0.05, 0) is 43.2 Å². The summed E-state index contributed by atoms with van der Waals surface area (Å²) in [6.45, 7) is 5.03. The third kappa shape index (κ3) is 3.20. The molecule has 1 heterocycles. The van der Waals surface area contributed by atoms with Crippen LogP contribution in [-0.4, -0.2) is 0 Å². The van der Waals surface area contributed by atoms with Crippen molar-refractivity contribution in [1.29, 1.82) is 0 Å². The zero-order chi connectivity index (χ0) is 14.8. The van der Waals surface area contributed by atoms with E-state index in [9.17, 15) is 0 Å². The van der Waals surface area contributed by atoms with Crippen LogP contribution in [-0.2, 0) is 6.54 Å². The summed E-state index contributed by atoms with van der Waals surface area (Å²) < 4.78 is 7.04. The van der Waals surface area contributed by atoms with Gasteiger partial charge in [-0.15, -0.1) is 0 Å². The van der Waals surface area contributed by atoms with E-state index in [2.05, 4.69) is 65.4 Å². The van der Waals surface area contributed by atoms with Crippen molar-refractivity contribution in [3.05, 3.63) is 69.9 Å². The highest BCUT2D eigenvalue weighted by atomic mass is 79.9. The lowest BCUT2D eigenvalue weighted by molar-refractivity contribution is 0.450. The number of hydrogen-bond donors (Lipinski definition) is 1. The Bertz CT molecular complexity index is 730. The number of aryl methyl sites for hydroxylation is 1.